The standard InChI is InChI=1S/C64H58F6N2/c1-7-8-10-19-40(2)62(41-20-11-9-12-21-41)51-39-45(72-55-31-25-43(64(68,69)70)37-53(55)59(4)33-16-18-35-61(59,72)6)27-29-49(51)56-47-23-14-13-22-46(47)50-38-44(26-28-48(50)57(56)62)71-54-30-24-42(63(65,66)67)36-52(54)58(3)32-15-17-34-60(58,71)5/h7-14,19-31,36-39H,2,15-18,32-35H2,1,3-6H3/b8-7-,19-10-. The highest BCUT2D eigenvalue weighted by atomic mass is 19.4. The van der Waals surface area contributed by atoms with Gasteiger partial charge in [-0.3, -0.25) is 0 Å². The first-order valence-corrected chi connectivity index (χ1v) is 25.5. The fourth-order valence-corrected chi connectivity index (χ4v) is 14.9. The molecule has 5 unspecified atom stereocenters. The maximum absolute atomic E-state index is 14.5. The van der Waals surface area contributed by atoms with Crippen LogP contribution in [-0.4, -0.2) is 11.1 Å². The normalized spacial score (nSPS) is 26.5. The third-order valence-electron chi connectivity index (χ3n) is 18.7. The van der Waals surface area contributed by atoms with E-state index in [0.717, 1.165) is 140 Å². The number of hydrogen-bond acceptors (Lipinski definition) is 2. The first kappa shape index (κ1) is 46.5. The molecule has 7 aromatic rings. The van der Waals surface area contributed by atoms with E-state index in [1.807, 2.05) is 31.2 Å². The van der Waals surface area contributed by atoms with Crippen molar-refractivity contribution < 1.29 is 26.3 Å². The van der Waals surface area contributed by atoms with E-state index in [-0.39, 0.29) is 0 Å². The lowest BCUT2D eigenvalue weighted by Crippen LogP contribution is -2.54. The lowest BCUT2D eigenvalue weighted by Gasteiger charge is -2.50. The molecule has 0 N–H and O–H groups in total. The van der Waals surface area contributed by atoms with Crippen LogP contribution in [0.2, 0.25) is 0 Å². The highest BCUT2D eigenvalue weighted by Gasteiger charge is 2.60. The number of nitrogens with zero attached hydrogens (tertiary/aromatic N) is 2. The SMILES string of the molecule is C=C(/C=C\C=C/C)C1(c2ccccc2)c2cc(N3c4ccc(C(F)(F)F)cc4C4(C)CCCCC34C)ccc2-c2c1c1ccc(N3c4ccc(C(F)(F)F)cc4C4(C)CCCCC34C)cc1c1ccccc21. The number of benzene rings is 7. The summed E-state index contributed by atoms with van der Waals surface area (Å²) in [7, 11) is 0. The minimum Gasteiger partial charge on any atom is -0.334 e. The van der Waals surface area contributed by atoms with Crippen molar-refractivity contribution in [2.75, 3.05) is 9.80 Å². The van der Waals surface area contributed by atoms with Crippen LogP contribution in [0.25, 0.3) is 32.7 Å². The Balaban J connectivity index is 1.14. The molecule has 0 radical (unpaired) electrons. The van der Waals surface area contributed by atoms with Gasteiger partial charge in [0, 0.05) is 33.6 Å². The zero-order chi connectivity index (χ0) is 50.4. The fraction of sp³-hybridized carbons (Fsp3) is 0.312. The van der Waals surface area contributed by atoms with Crippen molar-refractivity contribution in [1.29, 1.82) is 0 Å². The van der Waals surface area contributed by atoms with Crippen LogP contribution < -0.4 is 9.80 Å². The Bertz CT molecular complexity index is 3470. The Kier molecular flexibility index (Phi) is 10.2. The summed E-state index contributed by atoms with van der Waals surface area (Å²) >= 11 is 0. The molecule has 72 heavy (non-hydrogen) atoms. The number of rotatable bonds is 6. The minimum atomic E-state index is -4.47. The van der Waals surface area contributed by atoms with Crippen LogP contribution >= 0.6 is 0 Å². The van der Waals surface area contributed by atoms with Gasteiger partial charge in [0.2, 0.25) is 0 Å². The summed E-state index contributed by atoms with van der Waals surface area (Å²) in [6.07, 6.45) is 6.26. The van der Waals surface area contributed by atoms with Gasteiger partial charge in [-0.2, -0.15) is 26.3 Å². The third-order valence-corrected chi connectivity index (χ3v) is 18.7. The second-order valence-corrected chi connectivity index (χ2v) is 22.0. The molecule has 2 heterocycles. The van der Waals surface area contributed by atoms with Crippen LogP contribution in [0.1, 0.15) is 125 Å². The van der Waals surface area contributed by atoms with E-state index in [1.165, 1.54) is 24.3 Å². The van der Waals surface area contributed by atoms with Gasteiger partial charge >= 0.3 is 12.4 Å². The summed E-state index contributed by atoms with van der Waals surface area (Å²) in [5.41, 5.74) is 6.90. The molecule has 0 bridgehead atoms. The zero-order valence-electron chi connectivity index (χ0n) is 41.5. The Labute approximate surface area is 418 Å². The summed E-state index contributed by atoms with van der Waals surface area (Å²) in [4.78, 5) is 4.70. The van der Waals surface area contributed by atoms with E-state index in [9.17, 15) is 26.3 Å². The smallest absolute Gasteiger partial charge is 0.334 e. The predicted octanol–water partition coefficient (Wildman–Crippen LogP) is 18.5. The first-order chi connectivity index (χ1) is 34.3. The molecule has 8 heteroatoms. The van der Waals surface area contributed by atoms with Crippen molar-refractivity contribution in [2.45, 2.75) is 126 Å². The molecule has 5 aliphatic rings. The van der Waals surface area contributed by atoms with Crippen molar-refractivity contribution in [3.05, 3.63) is 203 Å². The summed E-state index contributed by atoms with van der Waals surface area (Å²) in [6.45, 7) is 15.8. The number of fused-ring (bicyclic) bond motifs is 14. The van der Waals surface area contributed by atoms with E-state index in [4.69, 9.17) is 6.58 Å². The second-order valence-electron chi connectivity index (χ2n) is 22.0. The Morgan fingerprint density at radius 3 is 1.62 bits per heavy atom. The number of allylic oxidation sites excluding steroid dienone is 5. The average molecular weight is 969 g/mol. The lowest BCUT2D eigenvalue weighted by molar-refractivity contribution is -0.138. The monoisotopic (exact) mass is 968 g/mol. The van der Waals surface area contributed by atoms with E-state index >= 15 is 0 Å². The van der Waals surface area contributed by atoms with Gasteiger partial charge in [-0.1, -0.05) is 137 Å². The molecular formula is C64H58F6N2. The number of hydrogen-bond donors (Lipinski definition) is 0. The van der Waals surface area contributed by atoms with Gasteiger partial charge in [0.05, 0.1) is 27.6 Å². The van der Waals surface area contributed by atoms with Crippen molar-refractivity contribution in [3.8, 4) is 11.1 Å². The topological polar surface area (TPSA) is 6.48 Å². The maximum atomic E-state index is 14.5. The molecule has 2 nitrogen and oxygen atoms in total. The zero-order valence-corrected chi connectivity index (χ0v) is 41.5. The van der Waals surface area contributed by atoms with Gasteiger partial charge in [-0.25, -0.2) is 0 Å². The number of anilines is 4. The highest BCUT2D eigenvalue weighted by molar-refractivity contribution is 6.20. The summed E-state index contributed by atoms with van der Waals surface area (Å²) in [6, 6.07) is 41.1. The Morgan fingerprint density at radius 2 is 1.06 bits per heavy atom. The molecule has 366 valence electrons. The van der Waals surface area contributed by atoms with Crippen LogP contribution in [0, 0.1) is 0 Å². The molecule has 0 aromatic heterocycles. The van der Waals surface area contributed by atoms with Gasteiger partial charge in [0.25, 0.3) is 0 Å². The van der Waals surface area contributed by atoms with Crippen molar-refractivity contribution in [2.24, 2.45) is 0 Å². The molecule has 2 fully saturated rings. The minimum absolute atomic E-state index is 0.488. The van der Waals surface area contributed by atoms with Crippen LogP contribution in [-0.2, 0) is 28.6 Å². The van der Waals surface area contributed by atoms with Crippen LogP contribution in [0.15, 0.2) is 164 Å². The van der Waals surface area contributed by atoms with Crippen LogP contribution in [0.4, 0.5) is 49.1 Å². The molecule has 0 saturated heterocycles. The molecular weight excluding hydrogens is 911 g/mol. The first-order valence-electron chi connectivity index (χ1n) is 25.5. The van der Waals surface area contributed by atoms with E-state index in [0.29, 0.717) is 0 Å². The molecule has 0 spiro atoms. The second kappa shape index (κ2) is 15.7. The van der Waals surface area contributed by atoms with Crippen molar-refractivity contribution >= 4 is 44.3 Å². The van der Waals surface area contributed by atoms with E-state index < -0.39 is 50.8 Å². The van der Waals surface area contributed by atoms with Gasteiger partial charge in [0.15, 0.2) is 0 Å². The van der Waals surface area contributed by atoms with Gasteiger partial charge in [-0.15, -0.1) is 0 Å². The summed E-state index contributed by atoms with van der Waals surface area (Å²) in [5.74, 6) is 0. The molecule has 2 aliphatic heterocycles. The summed E-state index contributed by atoms with van der Waals surface area (Å²) in [5, 5.41) is 4.19. The van der Waals surface area contributed by atoms with Crippen LogP contribution in [0.5, 0.6) is 0 Å². The van der Waals surface area contributed by atoms with E-state index in [1.54, 1.807) is 12.1 Å². The van der Waals surface area contributed by atoms with Gasteiger partial charge in [0.1, 0.15) is 0 Å². The molecule has 7 aromatic carbocycles. The maximum Gasteiger partial charge on any atom is 0.416 e. The fourth-order valence-electron chi connectivity index (χ4n) is 14.9. The Morgan fingerprint density at radius 1 is 0.528 bits per heavy atom. The Hall–Kier alpha value is -6.54. The highest BCUT2D eigenvalue weighted by Crippen LogP contribution is 2.66. The largest absolute Gasteiger partial charge is 0.416 e. The molecule has 0 amide bonds. The van der Waals surface area contributed by atoms with Gasteiger partial charge in [-0.05, 0) is 173 Å². The quantitative estimate of drug-likeness (QED) is 0.0931. The average Bonchev–Trinajstić information content (AvgIpc) is 3.87. The van der Waals surface area contributed by atoms with E-state index in [2.05, 4.69) is 128 Å². The molecule has 2 saturated carbocycles. The molecule has 5 atom stereocenters. The number of alkyl halides is 6. The van der Waals surface area contributed by atoms with Crippen molar-refractivity contribution in [1.82, 2.24) is 0 Å². The lowest BCUT2D eigenvalue weighted by atomic mass is 9.61. The molecule has 12 rings (SSSR count). The molecule has 3 aliphatic carbocycles. The predicted molar refractivity (Wildman–Crippen MR) is 282 cm³/mol. The summed E-state index contributed by atoms with van der Waals surface area (Å²) < 4.78 is 86.8. The number of halogens is 6. The third kappa shape index (κ3) is 6.10. The van der Waals surface area contributed by atoms with Gasteiger partial charge < -0.3 is 9.80 Å². The van der Waals surface area contributed by atoms with Crippen LogP contribution in [0.3, 0.4) is 0 Å². The van der Waals surface area contributed by atoms with Crippen molar-refractivity contribution in [3.63, 3.8) is 0 Å².